The molecule has 7 heteroatoms. The van der Waals surface area contributed by atoms with E-state index in [2.05, 4.69) is 16.7 Å². The number of benzene rings is 2. The molecule has 6 nitrogen and oxygen atoms in total. The summed E-state index contributed by atoms with van der Waals surface area (Å²) in [5.74, 6) is 0. The van der Waals surface area contributed by atoms with Crippen LogP contribution in [0, 0.1) is 0 Å². The second-order valence-corrected chi connectivity index (χ2v) is 10.2. The van der Waals surface area contributed by atoms with Gasteiger partial charge in [0.15, 0.2) is 0 Å². The quantitative estimate of drug-likeness (QED) is 0.673. The highest BCUT2D eigenvalue weighted by molar-refractivity contribution is 7.88. The second kappa shape index (κ2) is 7.09. The first kappa shape index (κ1) is 19.1. The van der Waals surface area contributed by atoms with Crippen LogP contribution in [0.4, 0.5) is 0 Å². The third kappa shape index (κ3) is 3.36. The van der Waals surface area contributed by atoms with Crippen molar-refractivity contribution in [1.82, 2.24) is 8.87 Å². The van der Waals surface area contributed by atoms with E-state index in [0.29, 0.717) is 6.54 Å². The minimum absolute atomic E-state index is 0.0461. The Balaban J connectivity index is 1.44. The van der Waals surface area contributed by atoms with Gasteiger partial charge in [0.05, 0.1) is 37.2 Å². The van der Waals surface area contributed by atoms with E-state index in [9.17, 15) is 13.5 Å². The maximum atomic E-state index is 12.5. The Bertz CT molecular complexity index is 1100. The summed E-state index contributed by atoms with van der Waals surface area (Å²) in [5.41, 5.74) is 2.09. The number of aliphatic hydroxyl groups is 1. The van der Waals surface area contributed by atoms with Crippen molar-refractivity contribution in [1.29, 1.82) is 0 Å². The number of para-hydroxylation sites is 2. The van der Waals surface area contributed by atoms with Gasteiger partial charge in [-0.1, -0.05) is 36.4 Å². The van der Waals surface area contributed by atoms with Crippen molar-refractivity contribution in [3.63, 3.8) is 0 Å². The summed E-state index contributed by atoms with van der Waals surface area (Å²) in [6.07, 6.45) is 3.14. The SMILES string of the molecule is CS(=O)(=O)N(CC(O)Cn1c2ccccc2c2ccccc21)C1CC2CCC1O2. The van der Waals surface area contributed by atoms with E-state index in [0.717, 1.165) is 41.1 Å². The Morgan fingerprint density at radius 1 is 1.10 bits per heavy atom. The fraction of sp³-hybridized carbons (Fsp3) is 0.455. The van der Waals surface area contributed by atoms with Crippen LogP contribution in [-0.4, -0.2) is 59.6 Å². The van der Waals surface area contributed by atoms with Gasteiger partial charge in [0, 0.05) is 28.4 Å². The lowest BCUT2D eigenvalue weighted by atomic mass is 9.95. The van der Waals surface area contributed by atoms with E-state index in [4.69, 9.17) is 4.74 Å². The van der Waals surface area contributed by atoms with Crippen molar-refractivity contribution < 1.29 is 18.3 Å². The number of nitrogens with zero attached hydrogens (tertiary/aromatic N) is 2. The van der Waals surface area contributed by atoms with Gasteiger partial charge in [-0.15, -0.1) is 0 Å². The van der Waals surface area contributed by atoms with E-state index in [1.807, 2.05) is 36.4 Å². The zero-order valence-electron chi connectivity index (χ0n) is 16.4. The van der Waals surface area contributed by atoms with Crippen LogP contribution in [0.25, 0.3) is 21.8 Å². The molecule has 2 aromatic carbocycles. The standard InChI is InChI=1S/C22H26N2O4S/c1-29(26,27)24(21-12-16-10-11-22(21)28-16)14-15(25)13-23-19-8-4-2-6-17(19)18-7-3-5-9-20(18)23/h2-9,15-16,21-22,25H,10-14H2,1H3. The number of ether oxygens (including phenoxy) is 1. The molecule has 2 aliphatic rings. The summed E-state index contributed by atoms with van der Waals surface area (Å²) in [5, 5.41) is 13.2. The van der Waals surface area contributed by atoms with E-state index in [1.165, 1.54) is 10.6 Å². The van der Waals surface area contributed by atoms with Gasteiger partial charge in [-0.2, -0.15) is 4.31 Å². The molecule has 2 saturated heterocycles. The van der Waals surface area contributed by atoms with E-state index < -0.39 is 16.1 Å². The van der Waals surface area contributed by atoms with Crippen molar-refractivity contribution >= 4 is 31.8 Å². The van der Waals surface area contributed by atoms with Crippen molar-refractivity contribution in [2.24, 2.45) is 0 Å². The lowest BCUT2D eigenvalue weighted by Crippen LogP contribution is -2.48. The van der Waals surface area contributed by atoms with Gasteiger partial charge in [-0.3, -0.25) is 0 Å². The van der Waals surface area contributed by atoms with Crippen LogP contribution in [0.2, 0.25) is 0 Å². The molecule has 0 radical (unpaired) electrons. The molecule has 0 spiro atoms. The van der Waals surface area contributed by atoms with Crippen molar-refractivity contribution in [2.45, 2.75) is 50.2 Å². The van der Waals surface area contributed by atoms with Crippen LogP contribution in [-0.2, 0) is 21.3 Å². The van der Waals surface area contributed by atoms with Crippen LogP contribution in [0.15, 0.2) is 48.5 Å². The summed E-state index contributed by atoms with van der Waals surface area (Å²) < 4.78 is 34.4. The van der Waals surface area contributed by atoms with E-state index in [-0.39, 0.29) is 24.8 Å². The predicted molar refractivity (Wildman–Crippen MR) is 113 cm³/mol. The highest BCUT2D eigenvalue weighted by atomic mass is 32.2. The number of rotatable bonds is 6. The predicted octanol–water partition coefficient (Wildman–Crippen LogP) is 2.74. The number of aliphatic hydroxyl groups excluding tert-OH is 1. The molecule has 29 heavy (non-hydrogen) atoms. The number of fused-ring (bicyclic) bond motifs is 5. The molecule has 3 heterocycles. The van der Waals surface area contributed by atoms with Crippen LogP contribution in [0.1, 0.15) is 19.3 Å². The molecule has 2 aliphatic heterocycles. The summed E-state index contributed by atoms with van der Waals surface area (Å²) in [6.45, 7) is 0.415. The fourth-order valence-electron chi connectivity index (χ4n) is 5.11. The van der Waals surface area contributed by atoms with Crippen molar-refractivity contribution in [2.75, 3.05) is 12.8 Å². The monoisotopic (exact) mass is 414 g/mol. The van der Waals surface area contributed by atoms with Crippen molar-refractivity contribution in [3.05, 3.63) is 48.5 Å². The van der Waals surface area contributed by atoms with Crippen molar-refractivity contribution in [3.8, 4) is 0 Å². The number of sulfonamides is 1. The molecule has 0 amide bonds. The van der Waals surface area contributed by atoms with Gasteiger partial charge in [0.2, 0.25) is 10.0 Å². The molecule has 2 bridgehead atoms. The molecular formula is C22H26N2O4S. The van der Waals surface area contributed by atoms with Crippen LogP contribution in [0.3, 0.4) is 0 Å². The molecule has 2 fully saturated rings. The average molecular weight is 415 g/mol. The first-order chi connectivity index (χ1) is 13.9. The molecule has 3 aromatic rings. The Morgan fingerprint density at radius 3 is 2.24 bits per heavy atom. The van der Waals surface area contributed by atoms with Gasteiger partial charge in [0.25, 0.3) is 0 Å². The largest absolute Gasteiger partial charge is 0.390 e. The first-order valence-corrected chi connectivity index (χ1v) is 12.0. The van der Waals surface area contributed by atoms with Crippen LogP contribution >= 0.6 is 0 Å². The summed E-state index contributed by atoms with van der Waals surface area (Å²) in [7, 11) is -3.45. The highest BCUT2D eigenvalue weighted by Crippen LogP contribution is 2.38. The number of aromatic nitrogens is 1. The highest BCUT2D eigenvalue weighted by Gasteiger charge is 2.46. The molecule has 0 aliphatic carbocycles. The second-order valence-electron chi connectivity index (χ2n) is 8.31. The topological polar surface area (TPSA) is 71.8 Å². The normalized spacial score (nSPS) is 25.4. The third-order valence-corrected chi connectivity index (χ3v) is 7.61. The van der Waals surface area contributed by atoms with Crippen LogP contribution in [0.5, 0.6) is 0 Å². The minimum Gasteiger partial charge on any atom is -0.390 e. The zero-order chi connectivity index (χ0) is 20.2. The molecule has 154 valence electrons. The summed E-state index contributed by atoms with van der Waals surface area (Å²) in [4.78, 5) is 0. The Hall–Kier alpha value is -1.93. The Kier molecular flexibility index (Phi) is 4.66. The molecule has 5 rings (SSSR count). The number of hydrogen-bond donors (Lipinski definition) is 1. The molecule has 1 N–H and O–H groups in total. The Morgan fingerprint density at radius 2 is 1.72 bits per heavy atom. The smallest absolute Gasteiger partial charge is 0.211 e. The summed E-state index contributed by atoms with van der Waals surface area (Å²) >= 11 is 0. The maximum absolute atomic E-state index is 12.5. The lowest BCUT2D eigenvalue weighted by molar-refractivity contribution is 0.0726. The molecule has 1 aromatic heterocycles. The van der Waals surface area contributed by atoms with E-state index >= 15 is 0 Å². The number of hydrogen-bond acceptors (Lipinski definition) is 4. The van der Waals surface area contributed by atoms with Gasteiger partial charge in [-0.25, -0.2) is 8.42 Å². The van der Waals surface area contributed by atoms with Gasteiger partial charge in [-0.05, 0) is 31.4 Å². The molecule has 0 saturated carbocycles. The molecule has 4 unspecified atom stereocenters. The molecular weight excluding hydrogens is 388 g/mol. The van der Waals surface area contributed by atoms with Crippen LogP contribution < -0.4 is 0 Å². The van der Waals surface area contributed by atoms with Gasteiger partial charge in [0.1, 0.15) is 0 Å². The summed E-state index contributed by atoms with van der Waals surface area (Å²) in [6, 6.07) is 16.1. The Labute approximate surface area is 170 Å². The zero-order valence-corrected chi connectivity index (χ0v) is 17.3. The first-order valence-electron chi connectivity index (χ1n) is 10.2. The van der Waals surface area contributed by atoms with Gasteiger partial charge >= 0.3 is 0 Å². The third-order valence-electron chi connectivity index (χ3n) is 6.33. The van der Waals surface area contributed by atoms with Gasteiger partial charge < -0.3 is 14.4 Å². The van der Waals surface area contributed by atoms with E-state index in [1.54, 1.807) is 0 Å². The maximum Gasteiger partial charge on any atom is 0.211 e. The average Bonchev–Trinajstić information content (AvgIpc) is 3.40. The minimum atomic E-state index is -3.45. The fourth-order valence-corrected chi connectivity index (χ4v) is 6.26. The lowest BCUT2D eigenvalue weighted by Gasteiger charge is -2.32. The molecule has 4 atom stereocenters.